The second kappa shape index (κ2) is 6.32. The van der Waals surface area contributed by atoms with Crippen LogP contribution in [-0.4, -0.2) is 20.2 Å². The van der Waals surface area contributed by atoms with Crippen LogP contribution in [0.2, 0.25) is 0 Å². The van der Waals surface area contributed by atoms with E-state index < -0.39 is 0 Å². The summed E-state index contributed by atoms with van der Waals surface area (Å²) in [5, 5.41) is 1.09. The summed E-state index contributed by atoms with van der Waals surface area (Å²) in [5.74, 6) is 1.61. The zero-order valence-electron chi connectivity index (χ0n) is 14.2. The molecule has 0 saturated heterocycles. The summed E-state index contributed by atoms with van der Waals surface area (Å²) < 4.78 is 13.7. The van der Waals surface area contributed by atoms with Gasteiger partial charge in [-0.2, -0.15) is 4.57 Å². The van der Waals surface area contributed by atoms with E-state index in [1.807, 2.05) is 31.4 Å². The summed E-state index contributed by atoms with van der Waals surface area (Å²) in [7, 11) is 3.70. The molecule has 3 rings (SSSR count). The van der Waals surface area contributed by atoms with E-state index in [2.05, 4.69) is 41.5 Å². The van der Waals surface area contributed by atoms with Crippen LogP contribution in [0.3, 0.4) is 0 Å². The van der Waals surface area contributed by atoms with E-state index in [4.69, 9.17) is 9.15 Å². The lowest BCUT2D eigenvalue weighted by atomic mass is 10.1. The molecule has 3 aromatic rings. The van der Waals surface area contributed by atoms with E-state index in [-0.39, 0.29) is 0 Å². The number of nitrogens with zero attached hydrogens (tertiary/aromatic N) is 2. The van der Waals surface area contributed by atoms with Crippen molar-refractivity contribution >= 4 is 16.7 Å². The summed E-state index contributed by atoms with van der Waals surface area (Å²) >= 11 is 0. The van der Waals surface area contributed by atoms with Crippen LogP contribution < -0.4 is 14.2 Å². The molecule has 0 saturated carbocycles. The molecule has 0 fully saturated rings. The first-order valence-electron chi connectivity index (χ1n) is 8.00. The molecule has 0 atom stereocenters. The van der Waals surface area contributed by atoms with Gasteiger partial charge in [-0.05, 0) is 32.0 Å². The maximum atomic E-state index is 6.16. The van der Waals surface area contributed by atoms with Crippen molar-refractivity contribution in [3.05, 3.63) is 42.6 Å². The number of hydrogen-bond donors (Lipinski definition) is 0. The number of aromatic nitrogens is 1. The van der Waals surface area contributed by atoms with Crippen LogP contribution in [0.4, 0.5) is 5.69 Å². The van der Waals surface area contributed by atoms with E-state index >= 15 is 0 Å². The average molecular weight is 311 g/mol. The monoisotopic (exact) mass is 311 g/mol. The van der Waals surface area contributed by atoms with E-state index in [0.29, 0.717) is 0 Å². The zero-order valence-corrected chi connectivity index (χ0v) is 14.2. The fraction of sp³-hybridized carbons (Fsp3) is 0.316. The molecular weight excluding hydrogens is 288 g/mol. The average Bonchev–Trinajstić information content (AvgIpc) is 3.01. The summed E-state index contributed by atoms with van der Waals surface area (Å²) in [6, 6.07) is 12.3. The largest absolute Gasteiger partial charge is 0.493 e. The molecule has 2 aromatic heterocycles. The highest BCUT2D eigenvalue weighted by Crippen LogP contribution is 2.38. The normalized spacial score (nSPS) is 11.0. The van der Waals surface area contributed by atoms with Crippen LogP contribution in [0, 0.1) is 0 Å². The van der Waals surface area contributed by atoms with Crippen molar-refractivity contribution in [3.8, 4) is 17.2 Å². The van der Waals surface area contributed by atoms with Crippen molar-refractivity contribution in [2.75, 3.05) is 25.1 Å². The molecular formula is C19H23N2O2+. The number of pyridine rings is 1. The maximum absolute atomic E-state index is 6.16. The van der Waals surface area contributed by atoms with Gasteiger partial charge in [0.15, 0.2) is 23.3 Å². The van der Waals surface area contributed by atoms with Crippen molar-refractivity contribution in [2.45, 2.75) is 13.8 Å². The Labute approximate surface area is 136 Å². The highest BCUT2D eigenvalue weighted by Gasteiger charge is 2.20. The van der Waals surface area contributed by atoms with Gasteiger partial charge in [0.05, 0.1) is 7.11 Å². The van der Waals surface area contributed by atoms with Gasteiger partial charge in [0, 0.05) is 42.4 Å². The zero-order chi connectivity index (χ0) is 16.4. The molecule has 0 spiro atoms. The molecule has 23 heavy (non-hydrogen) atoms. The Morgan fingerprint density at radius 1 is 1.13 bits per heavy atom. The van der Waals surface area contributed by atoms with E-state index in [1.54, 1.807) is 7.11 Å². The Kier molecular flexibility index (Phi) is 4.24. The molecule has 1 aromatic carbocycles. The first-order chi connectivity index (χ1) is 11.2. The Bertz CT molecular complexity index is 819. The molecule has 0 aliphatic carbocycles. The van der Waals surface area contributed by atoms with Crippen LogP contribution >= 0.6 is 0 Å². The number of hydrogen-bond acceptors (Lipinski definition) is 3. The first kappa shape index (κ1) is 15.4. The van der Waals surface area contributed by atoms with Crippen molar-refractivity contribution in [1.82, 2.24) is 0 Å². The summed E-state index contributed by atoms with van der Waals surface area (Å²) in [4.78, 5) is 2.33. The Hall–Kier alpha value is -2.49. The van der Waals surface area contributed by atoms with Crippen LogP contribution in [0.15, 0.2) is 47.0 Å². The lowest BCUT2D eigenvalue weighted by molar-refractivity contribution is -0.660. The summed E-state index contributed by atoms with van der Waals surface area (Å²) in [6.45, 7) is 6.24. The van der Waals surface area contributed by atoms with Gasteiger partial charge in [0.25, 0.3) is 0 Å². The van der Waals surface area contributed by atoms with Gasteiger partial charge in [0.2, 0.25) is 5.69 Å². The molecule has 0 amide bonds. The number of fused-ring (bicyclic) bond motifs is 1. The van der Waals surface area contributed by atoms with Crippen molar-refractivity contribution in [2.24, 2.45) is 7.05 Å². The molecule has 2 heterocycles. The molecule has 0 radical (unpaired) electrons. The quantitative estimate of drug-likeness (QED) is 0.672. The minimum atomic E-state index is 0.765. The molecule has 4 nitrogen and oxygen atoms in total. The van der Waals surface area contributed by atoms with Gasteiger partial charge in [-0.3, -0.25) is 0 Å². The minimum Gasteiger partial charge on any atom is -0.493 e. The third kappa shape index (κ3) is 2.65. The number of methoxy groups -OCH3 is 1. The van der Waals surface area contributed by atoms with E-state index in [0.717, 1.165) is 41.3 Å². The first-order valence-corrected chi connectivity index (χ1v) is 8.00. The van der Waals surface area contributed by atoms with Crippen molar-refractivity contribution in [3.63, 3.8) is 0 Å². The smallest absolute Gasteiger partial charge is 0.248 e. The Morgan fingerprint density at radius 2 is 1.91 bits per heavy atom. The second-order valence-corrected chi connectivity index (χ2v) is 5.51. The van der Waals surface area contributed by atoms with Gasteiger partial charge in [0.1, 0.15) is 7.05 Å². The van der Waals surface area contributed by atoms with E-state index in [1.165, 1.54) is 5.69 Å². The number of ether oxygens (including phenoxy) is 1. The minimum absolute atomic E-state index is 0.765. The number of rotatable bonds is 5. The molecule has 0 bridgehead atoms. The molecule has 0 unspecified atom stereocenters. The van der Waals surface area contributed by atoms with Crippen molar-refractivity contribution < 1.29 is 13.7 Å². The topological polar surface area (TPSA) is 29.5 Å². The second-order valence-electron chi connectivity index (χ2n) is 5.51. The van der Waals surface area contributed by atoms with Crippen LogP contribution in [0.1, 0.15) is 13.8 Å². The Balaban J connectivity index is 2.24. The van der Waals surface area contributed by atoms with Gasteiger partial charge < -0.3 is 14.1 Å². The van der Waals surface area contributed by atoms with Crippen molar-refractivity contribution in [1.29, 1.82) is 0 Å². The number of benzene rings is 1. The van der Waals surface area contributed by atoms with Crippen LogP contribution in [0.25, 0.3) is 22.4 Å². The molecule has 4 heteroatoms. The van der Waals surface area contributed by atoms with Gasteiger partial charge in [-0.15, -0.1) is 0 Å². The fourth-order valence-electron chi connectivity index (χ4n) is 2.99. The van der Waals surface area contributed by atoms with E-state index in [9.17, 15) is 0 Å². The highest BCUT2D eigenvalue weighted by atomic mass is 16.5. The lowest BCUT2D eigenvalue weighted by Gasteiger charge is -2.22. The maximum Gasteiger partial charge on any atom is 0.248 e. The third-order valence-corrected chi connectivity index (χ3v) is 4.26. The molecule has 0 N–H and O–H groups in total. The highest BCUT2D eigenvalue weighted by molar-refractivity contribution is 5.97. The number of furan rings is 1. The summed E-state index contributed by atoms with van der Waals surface area (Å²) in [5.41, 5.74) is 3.02. The fourth-order valence-corrected chi connectivity index (χ4v) is 2.99. The predicted molar refractivity (Wildman–Crippen MR) is 92.9 cm³/mol. The van der Waals surface area contributed by atoms with Crippen LogP contribution in [0.5, 0.6) is 5.75 Å². The molecule has 0 aliphatic rings. The van der Waals surface area contributed by atoms with Gasteiger partial charge in [-0.1, -0.05) is 0 Å². The molecule has 0 aliphatic heterocycles. The third-order valence-electron chi connectivity index (χ3n) is 4.26. The lowest BCUT2D eigenvalue weighted by Crippen LogP contribution is -2.29. The van der Waals surface area contributed by atoms with Gasteiger partial charge >= 0.3 is 0 Å². The SMILES string of the molecule is CCN(CC)c1ccc(OC)c2oc(-c3cccc[n+]3C)cc12. The summed E-state index contributed by atoms with van der Waals surface area (Å²) in [6.07, 6.45) is 2.02. The molecule has 120 valence electrons. The Morgan fingerprint density at radius 3 is 2.57 bits per heavy atom. The predicted octanol–water partition coefficient (Wildman–Crippen LogP) is 3.78. The van der Waals surface area contributed by atoms with Gasteiger partial charge in [-0.25, -0.2) is 0 Å². The number of aryl methyl sites for hydroxylation is 1. The standard InChI is InChI=1S/C19H23N2O2/c1-5-21(6-2)15-10-11-17(22-4)19-14(15)13-18(23-19)16-9-7-8-12-20(16)3/h7-13H,5-6H2,1-4H3/q+1. The van der Waals surface area contributed by atoms with Crippen LogP contribution in [-0.2, 0) is 7.05 Å². The number of anilines is 1.